The SMILES string of the molecule is Cc1cc(Br)ccc1NC(=O)c1c(-c2ccccc2)c(-c2ccccc2)nn(C)c1=O. The third kappa shape index (κ3) is 4.20. The molecule has 0 radical (unpaired) electrons. The molecule has 0 saturated heterocycles. The summed E-state index contributed by atoms with van der Waals surface area (Å²) in [5.41, 5.74) is 3.81. The van der Waals surface area contributed by atoms with Gasteiger partial charge in [0.05, 0.1) is 5.69 Å². The summed E-state index contributed by atoms with van der Waals surface area (Å²) in [5, 5.41) is 7.43. The van der Waals surface area contributed by atoms with Crippen LogP contribution in [-0.4, -0.2) is 15.7 Å². The van der Waals surface area contributed by atoms with Gasteiger partial charge in [-0.05, 0) is 36.2 Å². The maximum atomic E-state index is 13.4. The van der Waals surface area contributed by atoms with Crippen LogP contribution in [0.25, 0.3) is 22.4 Å². The monoisotopic (exact) mass is 473 g/mol. The second-order valence-corrected chi connectivity index (χ2v) is 8.09. The lowest BCUT2D eigenvalue weighted by Gasteiger charge is -2.16. The number of hydrogen-bond donors (Lipinski definition) is 1. The van der Waals surface area contributed by atoms with Gasteiger partial charge in [-0.15, -0.1) is 0 Å². The first-order chi connectivity index (χ1) is 15.0. The van der Waals surface area contributed by atoms with E-state index >= 15 is 0 Å². The highest BCUT2D eigenvalue weighted by Gasteiger charge is 2.24. The predicted molar refractivity (Wildman–Crippen MR) is 127 cm³/mol. The van der Waals surface area contributed by atoms with E-state index in [4.69, 9.17) is 0 Å². The third-order valence-electron chi connectivity index (χ3n) is 5.02. The van der Waals surface area contributed by atoms with Crippen molar-refractivity contribution in [1.29, 1.82) is 0 Å². The highest BCUT2D eigenvalue weighted by molar-refractivity contribution is 9.10. The lowest BCUT2D eigenvalue weighted by atomic mass is 9.95. The molecule has 5 nitrogen and oxygen atoms in total. The summed E-state index contributed by atoms with van der Waals surface area (Å²) >= 11 is 3.43. The Morgan fingerprint density at radius 2 is 1.55 bits per heavy atom. The molecule has 4 aromatic rings. The average Bonchev–Trinajstić information content (AvgIpc) is 2.78. The Hall–Kier alpha value is -3.51. The highest BCUT2D eigenvalue weighted by atomic mass is 79.9. The van der Waals surface area contributed by atoms with E-state index in [1.807, 2.05) is 85.8 Å². The number of rotatable bonds is 4. The van der Waals surface area contributed by atoms with Crippen LogP contribution in [0.2, 0.25) is 0 Å². The van der Waals surface area contributed by atoms with Crippen LogP contribution in [0.15, 0.2) is 88.1 Å². The van der Waals surface area contributed by atoms with E-state index in [1.165, 1.54) is 4.68 Å². The van der Waals surface area contributed by atoms with Gasteiger partial charge in [0, 0.05) is 28.3 Å². The van der Waals surface area contributed by atoms with E-state index in [0.29, 0.717) is 16.9 Å². The molecule has 1 aromatic heterocycles. The van der Waals surface area contributed by atoms with Gasteiger partial charge >= 0.3 is 0 Å². The van der Waals surface area contributed by atoms with Gasteiger partial charge in [0.15, 0.2) is 0 Å². The smallest absolute Gasteiger partial charge is 0.280 e. The zero-order chi connectivity index (χ0) is 22.0. The van der Waals surface area contributed by atoms with Crippen molar-refractivity contribution in [2.24, 2.45) is 7.05 Å². The van der Waals surface area contributed by atoms with Crippen molar-refractivity contribution in [3.8, 4) is 22.4 Å². The quantitative estimate of drug-likeness (QED) is 0.429. The molecule has 0 saturated carbocycles. The summed E-state index contributed by atoms with van der Waals surface area (Å²) in [6.45, 7) is 1.90. The fraction of sp³-hybridized carbons (Fsp3) is 0.0800. The summed E-state index contributed by atoms with van der Waals surface area (Å²) < 4.78 is 2.14. The lowest BCUT2D eigenvalue weighted by molar-refractivity contribution is 0.102. The van der Waals surface area contributed by atoms with E-state index in [9.17, 15) is 9.59 Å². The average molecular weight is 474 g/mol. The summed E-state index contributed by atoms with van der Waals surface area (Å²) in [6, 6.07) is 24.5. The molecular weight excluding hydrogens is 454 g/mol. The van der Waals surface area contributed by atoms with Crippen LogP contribution in [-0.2, 0) is 7.05 Å². The number of carbonyl (C=O) groups is 1. The van der Waals surface area contributed by atoms with E-state index < -0.39 is 11.5 Å². The molecule has 0 unspecified atom stereocenters. The molecule has 4 rings (SSSR count). The number of aryl methyl sites for hydroxylation is 2. The Morgan fingerprint density at radius 3 is 2.16 bits per heavy atom. The van der Waals surface area contributed by atoms with Gasteiger partial charge in [0.25, 0.3) is 11.5 Å². The number of benzene rings is 3. The summed E-state index contributed by atoms with van der Waals surface area (Å²) in [7, 11) is 1.56. The standard InChI is InChI=1S/C25H20BrN3O2/c1-16-15-19(26)13-14-20(16)27-24(30)22-21(17-9-5-3-6-10-17)23(28-29(2)25(22)31)18-11-7-4-8-12-18/h3-15H,1-2H3,(H,27,30). The van der Waals surface area contributed by atoms with Crippen LogP contribution in [0.3, 0.4) is 0 Å². The van der Waals surface area contributed by atoms with Gasteiger partial charge in [0.2, 0.25) is 0 Å². The van der Waals surface area contributed by atoms with E-state index in [1.54, 1.807) is 7.05 Å². The maximum Gasteiger partial charge on any atom is 0.280 e. The first kappa shape index (κ1) is 20.8. The number of nitrogens with zero attached hydrogens (tertiary/aromatic N) is 2. The van der Waals surface area contributed by atoms with Crippen molar-refractivity contribution in [2.75, 3.05) is 5.32 Å². The van der Waals surface area contributed by atoms with Gasteiger partial charge in [-0.1, -0.05) is 76.6 Å². The number of carbonyl (C=O) groups excluding carboxylic acids is 1. The highest BCUT2D eigenvalue weighted by Crippen LogP contribution is 2.32. The molecule has 3 aromatic carbocycles. The Balaban J connectivity index is 1.95. The van der Waals surface area contributed by atoms with Gasteiger partial charge < -0.3 is 5.32 Å². The normalized spacial score (nSPS) is 10.7. The number of aromatic nitrogens is 2. The van der Waals surface area contributed by atoms with E-state index in [2.05, 4.69) is 26.3 Å². The first-order valence-electron chi connectivity index (χ1n) is 9.75. The minimum absolute atomic E-state index is 0.0601. The fourth-order valence-electron chi connectivity index (χ4n) is 3.48. The number of nitrogens with one attached hydrogen (secondary N) is 1. The van der Waals surface area contributed by atoms with Crippen molar-refractivity contribution in [1.82, 2.24) is 9.78 Å². The van der Waals surface area contributed by atoms with Crippen LogP contribution in [0, 0.1) is 6.92 Å². The van der Waals surface area contributed by atoms with Gasteiger partial charge in [0.1, 0.15) is 5.56 Å². The predicted octanol–water partition coefficient (Wildman–Crippen LogP) is 5.44. The van der Waals surface area contributed by atoms with Crippen molar-refractivity contribution < 1.29 is 4.79 Å². The molecule has 31 heavy (non-hydrogen) atoms. The molecular formula is C25H20BrN3O2. The Morgan fingerprint density at radius 1 is 0.935 bits per heavy atom. The number of amides is 1. The molecule has 0 fully saturated rings. The maximum absolute atomic E-state index is 13.4. The largest absolute Gasteiger partial charge is 0.322 e. The second kappa shape index (κ2) is 8.70. The van der Waals surface area contributed by atoms with Crippen molar-refractivity contribution >= 4 is 27.5 Å². The topological polar surface area (TPSA) is 64.0 Å². The summed E-state index contributed by atoms with van der Waals surface area (Å²) in [6.07, 6.45) is 0. The van der Waals surface area contributed by atoms with E-state index in [-0.39, 0.29) is 5.56 Å². The molecule has 0 aliphatic heterocycles. The minimum Gasteiger partial charge on any atom is -0.322 e. The fourth-order valence-corrected chi connectivity index (χ4v) is 3.95. The van der Waals surface area contributed by atoms with Crippen LogP contribution in [0.1, 0.15) is 15.9 Å². The van der Waals surface area contributed by atoms with Crippen molar-refractivity contribution in [3.05, 3.63) is 105 Å². The number of anilines is 1. The summed E-state index contributed by atoms with van der Waals surface area (Å²) in [5.74, 6) is -0.468. The molecule has 1 N–H and O–H groups in total. The van der Waals surface area contributed by atoms with Gasteiger partial charge in [-0.25, -0.2) is 4.68 Å². The number of halogens is 1. The first-order valence-corrected chi connectivity index (χ1v) is 10.5. The Kier molecular flexibility index (Phi) is 5.82. The molecule has 0 atom stereocenters. The van der Waals surface area contributed by atoms with Crippen LogP contribution < -0.4 is 10.9 Å². The van der Waals surface area contributed by atoms with Crippen molar-refractivity contribution in [2.45, 2.75) is 6.92 Å². The van der Waals surface area contributed by atoms with Gasteiger partial charge in [-0.2, -0.15) is 5.10 Å². The zero-order valence-corrected chi connectivity index (χ0v) is 18.7. The molecule has 0 bridgehead atoms. The van der Waals surface area contributed by atoms with Crippen LogP contribution >= 0.6 is 15.9 Å². The van der Waals surface area contributed by atoms with Gasteiger partial charge in [-0.3, -0.25) is 9.59 Å². The molecule has 1 amide bonds. The minimum atomic E-state index is -0.468. The molecule has 1 heterocycles. The molecule has 0 aliphatic carbocycles. The van der Waals surface area contributed by atoms with E-state index in [0.717, 1.165) is 21.2 Å². The zero-order valence-electron chi connectivity index (χ0n) is 17.1. The molecule has 154 valence electrons. The number of hydrogen-bond acceptors (Lipinski definition) is 3. The molecule has 0 aliphatic rings. The molecule has 6 heteroatoms. The Bertz CT molecular complexity index is 1320. The lowest BCUT2D eigenvalue weighted by Crippen LogP contribution is -2.31. The Labute approximate surface area is 188 Å². The van der Waals surface area contributed by atoms with Crippen molar-refractivity contribution in [3.63, 3.8) is 0 Å². The summed E-state index contributed by atoms with van der Waals surface area (Å²) in [4.78, 5) is 26.6. The van der Waals surface area contributed by atoms with Crippen LogP contribution in [0.4, 0.5) is 5.69 Å². The van der Waals surface area contributed by atoms with Crippen LogP contribution in [0.5, 0.6) is 0 Å². The third-order valence-corrected chi connectivity index (χ3v) is 5.51. The molecule has 0 spiro atoms. The second-order valence-electron chi connectivity index (χ2n) is 7.17.